The summed E-state index contributed by atoms with van der Waals surface area (Å²) in [5.41, 5.74) is 2.37. The second-order valence-electron chi connectivity index (χ2n) is 4.64. The molecule has 2 aromatic rings. The molecule has 0 spiro atoms. The molecule has 110 valence electrons. The first-order chi connectivity index (χ1) is 9.95. The van der Waals surface area contributed by atoms with Crippen molar-refractivity contribution in [3.05, 3.63) is 57.3 Å². The zero-order valence-corrected chi connectivity index (χ0v) is 13.5. The molecule has 0 atom stereocenters. The Morgan fingerprint density at radius 2 is 1.95 bits per heavy atom. The first-order valence-electron chi connectivity index (χ1n) is 6.35. The van der Waals surface area contributed by atoms with Crippen molar-refractivity contribution in [1.29, 1.82) is 0 Å². The minimum Gasteiger partial charge on any atom is -0.496 e. The van der Waals surface area contributed by atoms with Crippen LogP contribution in [0, 0.1) is 19.7 Å². The summed E-state index contributed by atoms with van der Waals surface area (Å²) >= 11 is 3.07. The predicted octanol–water partition coefficient (Wildman–Crippen LogP) is 4.47. The van der Waals surface area contributed by atoms with Crippen molar-refractivity contribution in [3.8, 4) is 5.75 Å². The Balaban J connectivity index is 2.34. The fraction of sp³-hybridized carbons (Fsp3) is 0.188. The van der Waals surface area contributed by atoms with Gasteiger partial charge in [0.2, 0.25) is 0 Å². The normalized spacial score (nSPS) is 10.3. The lowest BCUT2D eigenvalue weighted by Crippen LogP contribution is -2.15. The Morgan fingerprint density at radius 3 is 2.62 bits per heavy atom. The highest BCUT2D eigenvalue weighted by atomic mass is 79.9. The van der Waals surface area contributed by atoms with Gasteiger partial charge >= 0.3 is 0 Å². The first-order valence-corrected chi connectivity index (χ1v) is 7.14. The summed E-state index contributed by atoms with van der Waals surface area (Å²) in [5, 5.41) is 2.72. The van der Waals surface area contributed by atoms with E-state index >= 15 is 0 Å². The van der Waals surface area contributed by atoms with Crippen LogP contribution in [0.25, 0.3) is 0 Å². The van der Waals surface area contributed by atoms with E-state index in [9.17, 15) is 9.18 Å². The first kappa shape index (κ1) is 15.5. The number of ether oxygens (including phenoxy) is 1. The van der Waals surface area contributed by atoms with Gasteiger partial charge in [-0.1, -0.05) is 12.1 Å². The van der Waals surface area contributed by atoms with E-state index in [1.807, 2.05) is 19.9 Å². The van der Waals surface area contributed by atoms with E-state index in [1.54, 1.807) is 25.3 Å². The van der Waals surface area contributed by atoms with Gasteiger partial charge < -0.3 is 10.1 Å². The lowest BCUT2D eigenvalue weighted by molar-refractivity contribution is 0.102. The fourth-order valence-corrected chi connectivity index (χ4v) is 2.51. The average molecular weight is 352 g/mol. The molecule has 0 saturated carbocycles. The molecule has 0 bridgehead atoms. The summed E-state index contributed by atoms with van der Waals surface area (Å²) in [6, 6.07) is 8.23. The lowest BCUT2D eigenvalue weighted by Gasteiger charge is -2.14. The number of hydrogen-bond donors (Lipinski definition) is 1. The third-order valence-electron chi connectivity index (χ3n) is 3.25. The van der Waals surface area contributed by atoms with E-state index in [-0.39, 0.29) is 10.0 Å². The highest BCUT2D eigenvalue weighted by Crippen LogP contribution is 2.29. The van der Waals surface area contributed by atoms with Gasteiger partial charge in [-0.25, -0.2) is 4.39 Å². The number of hydrogen-bond acceptors (Lipinski definition) is 2. The van der Waals surface area contributed by atoms with Crippen LogP contribution in [0.1, 0.15) is 21.5 Å². The molecule has 3 nitrogen and oxygen atoms in total. The molecule has 2 rings (SSSR count). The maximum Gasteiger partial charge on any atom is 0.258 e. The predicted molar refractivity (Wildman–Crippen MR) is 84.5 cm³/mol. The number of carbonyl (C=O) groups is 1. The number of halogens is 2. The molecule has 0 aliphatic heterocycles. The molecule has 0 saturated heterocycles. The Hall–Kier alpha value is -1.88. The molecule has 0 aliphatic carbocycles. The standard InChI is InChI=1S/C16H15BrFNO2/c1-9-7-8-13(10(2)15(9)21-3)19-16(20)11-5-4-6-12(17)14(11)18/h4-8H,1-3H3,(H,19,20). The third-order valence-corrected chi connectivity index (χ3v) is 3.86. The number of aryl methyl sites for hydroxylation is 1. The van der Waals surface area contributed by atoms with E-state index in [2.05, 4.69) is 21.2 Å². The van der Waals surface area contributed by atoms with Crippen LogP contribution in [-0.4, -0.2) is 13.0 Å². The summed E-state index contributed by atoms with van der Waals surface area (Å²) in [6.45, 7) is 3.77. The van der Waals surface area contributed by atoms with Gasteiger partial charge in [-0.3, -0.25) is 4.79 Å². The van der Waals surface area contributed by atoms with Gasteiger partial charge in [0.1, 0.15) is 11.6 Å². The van der Waals surface area contributed by atoms with Crippen LogP contribution in [0.4, 0.5) is 10.1 Å². The number of benzene rings is 2. The number of anilines is 1. The van der Waals surface area contributed by atoms with E-state index in [4.69, 9.17) is 4.74 Å². The van der Waals surface area contributed by atoms with Gasteiger partial charge in [0.05, 0.1) is 17.1 Å². The summed E-state index contributed by atoms with van der Waals surface area (Å²) < 4.78 is 19.5. The van der Waals surface area contributed by atoms with Crippen LogP contribution in [0.15, 0.2) is 34.8 Å². The molecule has 21 heavy (non-hydrogen) atoms. The van der Waals surface area contributed by atoms with Gasteiger partial charge in [-0.05, 0) is 53.5 Å². The third kappa shape index (κ3) is 3.08. The minimum atomic E-state index is -0.577. The van der Waals surface area contributed by atoms with Gasteiger partial charge in [0.25, 0.3) is 5.91 Å². The summed E-state index contributed by atoms with van der Waals surface area (Å²) in [7, 11) is 1.58. The summed E-state index contributed by atoms with van der Waals surface area (Å²) in [4.78, 5) is 12.2. The minimum absolute atomic E-state index is 0.0108. The van der Waals surface area contributed by atoms with Crippen LogP contribution in [0.3, 0.4) is 0 Å². The molecule has 0 aromatic heterocycles. The average Bonchev–Trinajstić information content (AvgIpc) is 2.45. The van der Waals surface area contributed by atoms with E-state index < -0.39 is 11.7 Å². The monoisotopic (exact) mass is 351 g/mol. The van der Waals surface area contributed by atoms with Crippen LogP contribution in [0.2, 0.25) is 0 Å². The van der Waals surface area contributed by atoms with Crippen molar-refractivity contribution in [3.63, 3.8) is 0 Å². The molecule has 0 radical (unpaired) electrons. The Bertz CT molecular complexity index is 701. The Morgan fingerprint density at radius 1 is 1.24 bits per heavy atom. The van der Waals surface area contributed by atoms with Gasteiger partial charge in [-0.2, -0.15) is 0 Å². The molecule has 5 heteroatoms. The molecular weight excluding hydrogens is 337 g/mol. The highest BCUT2D eigenvalue weighted by Gasteiger charge is 2.16. The van der Waals surface area contributed by atoms with Crippen LogP contribution < -0.4 is 10.1 Å². The quantitative estimate of drug-likeness (QED) is 0.885. The van der Waals surface area contributed by atoms with Crippen LogP contribution >= 0.6 is 15.9 Å². The number of carbonyl (C=O) groups excluding carboxylic acids is 1. The Labute approximate surface area is 131 Å². The molecule has 2 aromatic carbocycles. The number of methoxy groups -OCH3 is 1. The number of amides is 1. The summed E-state index contributed by atoms with van der Waals surface area (Å²) in [6.07, 6.45) is 0. The van der Waals surface area contributed by atoms with Crippen molar-refractivity contribution < 1.29 is 13.9 Å². The zero-order valence-electron chi connectivity index (χ0n) is 12.0. The molecule has 1 amide bonds. The van der Waals surface area contributed by atoms with E-state index in [0.29, 0.717) is 11.4 Å². The van der Waals surface area contributed by atoms with Crippen molar-refractivity contribution in [2.75, 3.05) is 12.4 Å². The van der Waals surface area contributed by atoms with Crippen molar-refractivity contribution in [2.24, 2.45) is 0 Å². The Kier molecular flexibility index (Phi) is 4.63. The molecule has 0 unspecified atom stereocenters. The lowest BCUT2D eigenvalue weighted by atomic mass is 10.1. The van der Waals surface area contributed by atoms with E-state index in [1.165, 1.54) is 6.07 Å². The van der Waals surface area contributed by atoms with Gasteiger partial charge in [0, 0.05) is 11.3 Å². The topological polar surface area (TPSA) is 38.3 Å². The van der Waals surface area contributed by atoms with Crippen molar-refractivity contribution >= 4 is 27.5 Å². The highest BCUT2D eigenvalue weighted by molar-refractivity contribution is 9.10. The molecule has 0 fully saturated rings. The largest absolute Gasteiger partial charge is 0.496 e. The van der Waals surface area contributed by atoms with Gasteiger partial charge in [0.15, 0.2) is 0 Å². The second kappa shape index (κ2) is 6.26. The SMILES string of the molecule is COc1c(C)ccc(NC(=O)c2cccc(Br)c2F)c1C. The second-order valence-corrected chi connectivity index (χ2v) is 5.50. The smallest absolute Gasteiger partial charge is 0.258 e. The zero-order chi connectivity index (χ0) is 15.6. The van der Waals surface area contributed by atoms with Crippen molar-refractivity contribution in [1.82, 2.24) is 0 Å². The molecule has 1 N–H and O–H groups in total. The number of rotatable bonds is 3. The summed E-state index contributed by atoms with van der Waals surface area (Å²) in [5.74, 6) is -0.364. The van der Waals surface area contributed by atoms with Crippen LogP contribution in [0.5, 0.6) is 5.75 Å². The fourth-order valence-electron chi connectivity index (χ4n) is 2.15. The number of nitrogens with one attached hydrogen (secondary N) is 1. The van der Waals surface area contributed by atoms with Crippen LogP contribution in [-0.2, 0) is 0 Å². The van der Waals surface area contributed by atoms with E-state index in [0.717, 1.165) is 11.1 Å². The molecular formula is C16H15BrFNO2. The molecule has 0 heterocycles. The maximum atomic E-state index is 13.9. The molecule has 0 aliphatic rings. The van der Waals surface area contributed by atoms with Gasteiger partial charge in [-0.15, -0.1) is 0 Å². The van der Waals surface area contributed by atoms with Crippen molar-refractivity contribution in [2.45, 2.75) is 13.8 Å². The maximum absolute atomic E-state index is 13.9.